The molecule has 0 radical (unpaired) electrons. The molecule has 4 N–H and O–H groups in total. The zero-order chi connectivity index (χ0) is 18.4. The van der Waals surface area contributed by atoms with Gasteiger partial charge in [0.25, 0.3) is 0 Å². The van der Waals surface area contributed by atoms with E-state index in [4.69, 9.17) is 5.11 Å². The van der Waals surface area contributed by atoms with E-state index in [1.807, 2.05) is 0 Å². The Hall–Kier alpha value is -3.54. The molecule has 0 aromatic heterocycles. The van der Waals surface area contributed by atoms with E-state index in [1.54, 1.807) is 12.1 Å². The molecule has 0 aliphatic rings. The molecule has 0 saturated carbocycles. The Morgan fingerprint density at radius 2 is 1.36 bits per heavy atom. The number of aromatic hydroxyl groups is 4. The summed E-state index contributed by atoms with van der Waals surface area (Å²) in [6.45, 7) is 0. The third-order valence-corrected chi connectivity index (χ3v) is 3.31. The number of phenolic OH excluding ortho intramolecular Hbond substituents is 4. The Morgan fingerprint density at radius 3 is 2.00 bits per heavy atom. The van der Waals surface area contributed by atoms with Gasteiger partial charge in [-0.15, -0.1) is 0 Å². The second-order valence-electron chi connectivity index (χ2n) is 5.24. The number of phenols is 4. The summed E-state index contributed by atoms with van der Waals surface area (Å²) in [6, 6.07) is 8.71. The van der Waals surface area contributed by atoms with Crippen LogP contribution < -0.4 is 0 Å². The van der Waals surface area contributed by atoms with Crippen molar-refractivity contribution in [1.82, 2.24) is 0 Å². The highest BCUT2D eigenvalue weighted by Crippen LogP contribution is 2.37. The Bertz CT molecular complexity index is 847. The summed E-state index contributed by atoms with van der Waals surface area (Å²) in [4.78, 5) is 23.5. The predicted octanol–water partition coefficient (Wildman–Crippen LogP) is 2.76. The maximum atomic E-state index is 11.8. The van der Waals surface area contributed by atoms with Gasteiger partial charge in [-0.1, -0.05) is 18.2 Å². The van der Waals surface area contributed by atoms with Crippen molar-refractivity contribution in [3.05, 3.63) is 59.7 Å². The number of hydrogen-bond acceptors (Lipinski definition) is 6. The third kappa shape index (κ3) is 4.97. The Balaban J connectivity index is 1.96. The van der Waals surface area contributed by atoms with E-state index in [0.29, 0.717) is 5.56 Å². The van der Waals surface area contributed by atoms with Gasteiger partial charge in [-0.05, 0) is 48.1 Å². The molecule has 0 aliphatic heterocycles. The molecule has 6 nitrogen and oxygen atoms in total. The largest absolute Gasteiger partial charge is 0.508 e. The van der Waals surface area contributed by atoms with E-state index in [1.165, 1.54) is 42.5 Å². The molecule has 0 fully saturated rings. The molecule has 0 bridgehead atoms. The zero-order valence-corrected chi connectivity index (χ0v) is 13.1. The van der Waals surface area contributed by atoms with Crippen LogP contribution in [-0.4, -0.2) is 32.0 Å². The molecule has 128 valence electrons. The number of ketones is 2. The highest BCUT2D eigenvalue weighted by molar-refractivity contribution is 6.11. The van der Waals surface area contributed by atoms with E-state index in [9.17, 15) is 24.9 Å². The predicted molar refractivity (Wildman–Crippen MR) is 92.2 cm³/mol. The van der Waals surface area contributed by atoms with E-state index in [-0.39, 0.29) is 17.7 Å². The molecule has 2 aromatic carbocycles. The second kappa shape index (κ2) is 7.83. The SMILES string of the molecule is O=C(C=Cc1ccc(O)cc1)CC(=O)C=Cc1ccc(O)c(O)c1O. The Morgan fingerprint density at radius 1 is 0.760 bits per heavy atom. The van der Waals surface area contributed by atoms with Crippen molar-refractivity contribution in [1.29, 1.82) is 0 Å². The summed E-state index contributed by atoms with van der Waals surface area (Å²) in [6.07, 6.45) is 4.80. The van der Waals surface area contributed by atoms with Crippen LogP contribution in [0.4, 0.5) is 0 Å². The first-order chi connectivity index (χ1) is 11.9. The topological polar surface area (TPSA) is 115 Å². The number of carbonyl (C=O) groups is 2. The molecule has 2 rings (SSSR count). The van der Waals surface area contributed by atoms with Gasteiger partial charge in [0.15, 0.2) is 23.1 Å². The molecule has 0 spiro atoms. The Kier molecular flexibility index (Phi) is 5.58. The van der Waals surface area contributed by atoms with Gasteiger partial charge in [-0.3, -0.25) is 9.59 Å². The van der Waals surface area contributed by atoms with Crippen LogP contribution in [0.25, 0.3) is 12.2 Å². The molecule has 0 unspecified atom stereocenters. The van der Waals surface area contributed by atoms with Crippen molar-refractivity contribution in [2.24, 2.45) is 0 Å². The van der Waals surface area contributed by atoms with E-state index in [0.717, 1.165) is 6.08 Å². The highest BCUT2D eigenvalue weighted by atomic mass is 16.3. The molecule has 25 heavy (non-hydrogen) atoms. The van der Waals surface area contributed by atoms with Gasteiger partial charge in [-0.2, -0.15) is 0 Å². The van der Waals surface area contributed by atoms with Crippen molar-refractivity contribution in [3.63, 3.8) is 0 Å². The lowest BCUT2D eigenvalue weighted by Crippen LogP contribution is -2.01. The molecule has 6 heteroatoms. The average Bonchev–Trinajstić information content (AvgIpc) is 2.58. The fourth-order valence-corrected chi connectivity index (χ4v) is 1.97. The van der Waals surface area contributed by atoms with Gasteiger partial charge >= 0.3 is 0 Å². The van der Waals surface area contributed by atoms with Crippen LogP contribution in [-0.2, 0) is 9.59 Å². The average molecular weight is 340 g/mol. The molecule has 0 saturated heterocycles. The van der Waals surface area contributed by atoms with Gasteiger partial charge in [0.05, 0.1) is 6.42 Å². The van der Waals surface area contributed by atoms with Gasteiger partial charge in [0, 0.05) is 5.56 Å². The van der Waals surface area contributed by atoms with E-state index >= 15 is 0 Å². The molecule has 0 amide bonds. The van der Waals surface area contributed by atoms with Gasteiger partial charge in [0.1, 0.15) is 5.75 Å². The minimum atomic E-state index is -0.678. The monoisotopic (exact) mass is 340 g/mol. The van der Waals surface area contributed by atoms with Crippen molar-refractivity contribution < 1.29 is 30.0 Å². The summed E-state index contributed by atoms with van der Waals surface area (Å²) in [5, 5.41) is 37.4. The van der Waals surface area contributed by atoms with Crippen LogP contribution >= 0.6 is 0 Å². The van der Waals surface area contributed by atoms with Crippen LogP contribution in [0.15, 0.2) is 48.6 Å². The molecular formula is C19H16O6. The van der Waals surface area contributed by atoms with E-state index in [2.05, 4.69) is 0 Å². The quantitative estimate of drug-likeness (QED) is 0.365. The lowest BCUT2D eigenvalue weighted by atomic mass is 10.1. The van der Waals surface area contributed by atoms with Gasteiger partial charge in [-0.25, -0.2) is 0 Å². The minimum absolute atomic E-state index is 0.118. The summed E-state index contributed by atoms with van der Waals surface area (Å²) in [7, 11) is 0. The first-order valence-electron chi connectivity index (χ1n) is 7.31. The molecule has 2 aromatic rings. The summed E-state index contributed by atoms with van der Waals surface area (Å²) in [5.41, 5.74) is 0.842. The van der Waals surface area contributed by atoms with Crippen molar-refractivity contribution in [2.45, 2.75) is 6.42 Å². The summed E-state index contributed by atoms with van der Waals surface area (Å²) < 4.78 is 0. The van der Waals surface area contributed by atoms with Crippen LogP contribution in [0.1, 0.15) is 17.5 Å². The maximum absolute atomic E-state index is 11.8. The standard InChI is InChI=1S/C19H16O6/c20-14-6-1-12(2-7-14)3-8-15(21)11-16(22)9-4-13-5-10-17(23)19(25)18(13)24/h1-10,20,23-25H,11H2. The minimum Gasteiger partial charge on any atom is -0.508 e. The second-order valence-corrected chi connectivity index (χ2v) is 5.24. The lowest BCUT2D eigenvalue weighted by molar-refractivity contribution is -0.121. The lowest BCUT2D eigenvalue weighted by Gasteiger charge is -2.03. The van der Waals surface area contributed by atoms with Gasteiger partial charge < -0.3 is 20.4 Å². The third-order valence-electron chi connectivity index (χ3n) is 3.31. The maximum Gasteiger partial charge on any atom is 0.200 e. The highest BCUT2D eigenvalue weighted by Gasteiger charge is 2.09. The van der Waals surface area contributed by atoms with Gasteiger partial charge in [0.2, 0.25) is 5.75 Å². The number of rotatable bonds is 6. The van der Waals surface area contributed by atoms with Crippen molar-refractivity contribution in [3.8, 4) is 23.0 Å². The van der Waals surface area contributed by atoms with Crippen molar-refractivity contribution in [2.75, 3.05) is 0 Å². The molecule has 0 heterocycles. The molecule has 0 atom stereocenters. The molecule has 0 aliphatic carbocycles. The van der Waals surface area contributed by atoms with Crippen LogP contribution in [0, 0.1) is 0 Å². The number of carbonyl (C=O) groups excluding carboxylic acids is 2. The number of hydrogen-bond donors (Lipinski definition) is 4. The normalized spacial score (nSPS) is 11.2. The Labute approximate surface area is 143 Å². The zero-order valence-electron chi connectivity index (χ0n) is 13.1. The smallest absolute Gasteiger partial charge is 0.200 e. The van der Waals surface area contributed by atoms with E-state index < -0.39 is 28.8 Å². The summed E-state index contributed by atoms with van der Waals surface area (Å²) in [5.74, 6) is -2.47. The van der Waals surface area contributed by atoms with Crippen LogP contribution in [0.3, 0.4) is 0 Å². The van der Waals surface area contributed by atoms with Crippen LogP contribution in [0.2, 0.25) is 0 Å². The number of allylic oxidation sites excluding steroid dienone is 2. The van der Waals surface area contributed by atoms with Crippen molar-refractivity contribution >= 4 is 23.7 Å². The van der Waals surface area contributed by atoms with Crippen LogP contribution in [0.5, 0.6) is 23.0 Å². The number of benzene rings is 2. The fraction of sp³-hybridized carbons (Fsp3) is 0.0526. The fourth-order valence-electron chi connectivity index (χ4n) is 1.97. The summed E-state index contributed by atoms with van der Waals surface area (Å²) >= 11 is 0. The molecular weight excluding hydrogens is 324 g/mol. The first-order valence-corrected chi connectivity index (χ1v) is 7.31. The first kappa shape index (κ1) is 17.8.